The van der Waals surface area contributed by atoms with E-state index in [2.05, 4.69) is 19.2 Å². The van der Waals surface area contributed by atoms with Crippen molar-refractivity contribution in [3.63, 3.8) is 0 Å². The molecule has 1 amide bonds. The fraction of sp³-hybridized carbons (Fsp3) is 0.235. The van der Waals surface area contributed by atoms with Gasteiger partial charge in [-0.3, -0.25) is 4.79 Å². The molecule has 4 heteroatoms. The van der Waals surface area contributed by atoms with Crippen LogP contribution in [0.4, 0.5) is 5.69 Å². The van der Waals surface area contributed by atoms with Gasteiger partial charge in [-0.2, -0.15) is 0 Å². The zero-order valence-electron chi connectivity index (χ0n) is 12.0. The first-order valence-electron chi connectivity index (χ1n) is 6.88. The van der Waals surface area contributed by atoms with E-state index < -0.39 is 0 Å². The smallest absolute Gasteiger partial charge is 0.257 e. The first-order valence-corrected chi connectivity index (χ1v) is 7.63. The van der Waals surface area contributed by atoms with E-state index in [9.17, 15) is 4.79 Å². The lowest BCUT2D eigenvalue weighted by atomic mass is 9.97. The summed E-state index contributed by atoms with van der Waals surface area (Å²) in [5, 5.41) is 3.79. The number of anilines is 1. The van der Waals surface area contributed by atoms with Crippen LogP contribution in [0.3, 0.4) is 0 Å². The highest BCUT2D eigenvalue weighted by Crippen LogP contribution is 2.28. The second kappa shape index (κ2) is 6.97. The zero-order valence-corrected chi connectivity index (χ0v) is 13.5. The van der Waals surface area contributed by atoms with Crippen LogP contribution in [0.15, 0.2) is 42.5 Å². The van der Waals surface area contributed by atoms with Gasteiger partial charge in [0.25, 0.3) is 5.91 Å². The van der Waals surface area contributed by atoms with Gasteiger partial charge >= 0.3 is 0 Å². The van der Waals surface area contributed by atoms with E-state index in [4.69, 9.17) is 23.2 Å². The van der Waals surface area contributed by atoms with E-state index in [-0.39, 0.29) is 5.91 Å². The van der Waals surface area contributed by atoms with Gasteiger partial charge in [-0.15, -0.1) is 0 Å². The summed E-state index contributed by atoms with van der Waals surface area (Å²) in [6.07, 6.45) is 1.01. The highest BCUT2D eigenvalue weighted by Gasteiger charge is 2.14. The summed E-state index contributed by atoms with van der Waals surface area (Å²) >= 11 is 11.9. The fourth-order valence-electron chi connectivity index (χ4n) is 2.12. The SMILES string of the molecule is CC[C@@H](C)c1ccccc1NC(=O)c1ccc(Cl)cc1Cl. The Morgan fingerprint density at radius 1 is 1.19 bits per heavy atom. The molecule has 0 aliphatic heterocycles. The number of para-hydroxylation sites is 1. The van der Waals surface area contributed by atoms with Crippen LogP contribution < -0.4 is 5.32 Å². The summed E-state index contributed by atoms with van der Waals surface area (Å²) in [6, 6.07) is 12.7. The van der Waals surface area contributed by atoms with Crippen LogP contribution in [-0.4, -0.2) is 5.91 Å². The predicted molar refractivity (Wildman–Crippen MR) is 89.6 cm³/mol. The van der Waals surface area contributed by atoms with Crippen LogP contribution in [0.2, 0.25) is 10.0 Å². The minimum Gasteiger partial charge on any atom is -0.322 e. The van der Waals surface area contributed by atoms with Gasteiger partial charge in [0.2, 0.25) is 0 Å². The second-order valence-corrected chi connectivity index (χ2v) is 5.82. The first kappa shape index (κ1) is 15.9. The number of carbonyl (C=O) groups is 1. The summed E-state index contributed by atoms with van der Waals surface area (Å²) in [7, 11) is 0. The number of rotatable bonds is 4. The van der Waals surface area contributed by atoms with Gasteiger partial charge in [-0.05, 0) is 42.2 Å². The molecule has 0 unspecified atom stereocenters. The molecule has 0 radical (unpaired) electrons. The van der Waals surface area contributed by atoms with E-state index in [1.165, 1.54) is 0 Å². The van der Waals surface area contributed by atoms with Crippen molar-refractivity contribution in [3.8, 4) is 0 Å². The maximum Gasteiger partial charge on any atom is 0.257 e. The van der Waals surface area contributed by atoms with Crippen LogP contribution >= 0.6 is 23.2 Å². The molecule has 2 rings (SSSR count). The number of nitrogens with one attached hydrogen (secondary N) is 1. The van der Waals surface area contributed by atoms with Crippen LogP contribution in [0.5, 0.6) is 0 Å². The molecule has 110 valence electrons. The van der Waals surface area contributed by atoms with Crippen molar-refractivity contribution in [1.29, 1.82) is 0 Å². The highest BCUT2D eigenvalue weighted by atomic mass is 35.5. The standard InChI is InChI=1S/C17H17Cl2NO/c1-3-11(2)13-6-4-5-7-16(13)20-17(21)14-9-8-12(18)10-15(14)19/h4-11H,3H2,1-2H3,(H,20,21)/t11-/m1/s1. The average molecular weight is 322 g/mol. The summed E-state index contributed by atoms with van der Waals surface area (Å²) < 4.78 is 0. The fourth-order valence-corrected chi connectivity index (χ4v) is 2.62. The van der Waals surface area contributed by atoms with Gasteiger partial charge < -0.3 is 5.32 Å². The number of amides is 1. The minimum absolute atomic E-state index is 0.229. The summed E-state index contributed by atoms with van der Waals surface area (Å²) in [5.74, 6) is 0.148. The van der Waals surface area contributed by atoms with Crippen molar-refractivity contribution in [3.05, 3.63) is 63.6 Å². The first-order chi connectivity index (χ1) is 10.0. The molecule has 2 aromatic carbocycles. The number of hydrogen-bond acceptors (Lipinski definition) is 1. The maximum absolute atomic E-state index is 12.4. The van der Waals surface area contributed by atoms with Gasteiger partial charge in [0.1, 0.15) is 0 Å². The molecular formula is C17H17Cl2NO. The molecule has 0 aromatic heterocycles. The largest absolute Gasteiger partial charge is 0.322 e. The third-order valence-electron chi connectivity index (χ3n) is 3.53. The molecule has 21 heavy (non-hydrogen) atoms. The van der Waals surface area contributed by atoms with Gasteiger partial charge in [-0.1, -0.05) is 55.2 Å². The Morgan fingerprint density at radius 3 is 2.57 bits per heavy atom. The minimum atomic E-state index is -0.229. The van der Waals surface area contributed by atoms with E-state index >= 15 is 0 Å². The van der Waals surface area contributed by atoms with E-state index in [0.29, 0.717) is 21.5 Å². The number of benzene rings is 2. The summed E-state index contributed by atoms with van der Waals surface area (Å²) in [4.78, 5) is 12.4. The Kier molecular flexibility index (Phi) is 5.27. The monoisotopic (exact) mass is 321 g/mol. The molecule has 2 aromatic rings. The Morgan fingerprint density at radius 2 is 1.90 bits per heavy atom. The molecule has 2 nitrogen and oxygen atoms in total. The molecule has 0 saturated heterocycles. The average Bonchev–Trinajstić information content (AvgIpc) is 2.46. The van der Waals surface area contributed by atoms with Gasteiger partial charge in [0.05, 0.1) is 10.6 Å². The summed E-state index contributed by atoms with van der Waals surface area (Å²) in [5.41, 5.74) is 2.36. The number of carbonyl (C=O) groups excluding carboxylic acids is 1. The molecule has 0 aliphatic rings. The van der Waals surface area contributed by atoms with Crippen LogP contribution in [-0.2, 0) is 0 Å². The lowest BCUT2D eigenvalue weighted by Crippen LogP contribution is -2.14. The van der Waals surface area contributed by atoms with Crippen molar-refractivity contribution in [2.24, 2.45) is 0 Å². The molecule has 0 fully saturated rings. The number of hydrogen-bond donors (Lipinski definition) is 1. The molecule has 0 saturated carbocycles. The van der Waals surface area contributed by atoms with E-state index in [0.717, 1.165) is 17.7 Å². The zero-order chi connectivity index (χ0) is 15.4. The normalized spacial score (nSPS) is 12.0. The Bertz CT molecular complexity index is 655. The van der Waals surface area contributed by atoms with Gasteiger partial charge in [0.15, 0.2) is 0 Å². The van der Waals surface area contributed by atoms with E-state index in [1.807, 2.05) is 24.3 Å². The lowest BCUT2D eigenvalue weighted by molar-refractivity contribution is 0.102. The highest BCUT2D eigenvalue weighted by molar-refractivity contribution is 6.37. The van der Waals surface area contributed by atoms with Crippen molar-refractivity contribution < 1.29 is 4.79 Å². The Balaban J connectivity index is 2.28. The molecular weight excluding hydrogens is 305 g/mol. The molecule has 1 atom stereocenters. The number of halogens is 2. The third-order valence-corrected chi connectivity index (χ3v) is 4.08. The molecule has 0 aliphatic carbocycles. The topological polar surface area (TPSA) is 29.1 Å². The lowest BCUT2D eigenvalue weighted by Gasteiger charge is -2.16. The Labute approximate surface area is 135 Å². The molecule has 0 heterocycles. The molecule has 0 spiro atoms. The van der Waals surface area contributed by atoms with Crippen molar-refractivity contribution in [1.82, 2.24) is 0 Å². The van der Waals surface area contributed by atoms with Crippen molar-refractivity contribution in [2.75, 3.05) is 5.32 Å². The third kappa shape index (κ3) is 3.78. The van der Waals surface area contributed by atoms with Crippen molar-refractivity contribution >= 4 is 34.8 Å². The van der Waals surface area contributed by atoms with E-state index in [1.54, 1.807) is 18.2 Å². The van der Waals surface area contributed by atoms with Crippen LogP contribution in [0.25, 0.3) is 0 Å². The van der Waals surface area contributed by atoms with Gasteiger partial charge in [-0.25, -0.2) is 0 Å². The maximum atomic E-state index is 12.4. The van der Waals surface area contributed by atoms with Crippen molar-refractivity contribution in [2.45, 2.75) is 26.2 Å². The van der Waals surface area contributed by atoms with Crippen LogP contribution in [0.1, 0.15) is 42.1 Å². The molecule has 1 N–H and O–H groups in total. The Hall–Kier alpha value is -1.51. The van der Waals surface area contributed by atoms with Crippen LogP contribution in [0, 0.1) is 0 Å². The predicted octanol–water partition coefficient (Wildman–Crippen LogP) is 5.76. The van der Waals surface area contributed by atoms with Gasteiger partial charge in [0, 0.05) is 10.7 Å². The second-order valence-electron chi connectivity index (χ2n) is 4.97. The summed E-state index contributed by atoms with van der Waals surface area (Å²) in [6.45, 7) is 4.26. The molecule has 0 bridgehead atoms. The quantitative estimate of drug-likeness (QED) is 0.762.